The molecule has 0 bridgehead atoms. The van der Waals surface area contributed by atoms with Gasteiger partial charge in [0.1, 0.15) is 11.6 Å². The zero-order valence-corrected chi connectivity index (χ0v) is 9.87. The Morgan fingerprint density at radius 2 is 2.00 bits per heavy atom. The third-order valence-electron chi connectivity index (χ3n) is 2.28. The van der Waals surface area contributed by atoms with E-state index in [1.807, 2.05) is 0 Å². The van der Waals surface area contributed by atoms with Crippen molar-refractivity contribution >= 4 is 5.95 Å². The molecule has 0 saturated carbocycles. The molecule has 0 saturated heterocycles. The number of hydrogen-bond donors (Lipinski definition) is 1. The highest BCUT2D eigenvalue weighted by atomic mass is 19.1. The van der Waals surface area contributed by atoms with Gasteiger partial charge in [0.15, 0.2) is 0 Å². The fourth-order valence-corrected chi connectivity index (χ4v) is 1.34. The smallest absolute Gasteiger partial charge is 0.260 e. The van der Waals surface area contributed by atoms with Crippen LogP contribution in [0.5, 0.6) is 11.6 Å². The summed E-state index contributed by atoms with van der Waals surface area (Å²) in [5, 5.41) is 2.67. The summed E-state index contributed by atoms with van der Waals surface area (Å²) >= 11 is 0. The highest BCUT2D eigenvalue weighted by molar-refractivity contribution is 5.34. The van der Waals surface area contributed by atoms with E-state index in [0.29, 0.717) is 11.3 Å². The number of nitrogens with zero attached hydrogens (tertiary/aromatic N) is 2. The molecule has 2 rings (SSSR count). The van der Waals surface area contributed by atoms with E-state index in [9.17, 15) is 8.78 Å². The molecule has 1 N–H and O–H groups in total. The molecule has 2 aromatic rings. The van der Waals surface area contributed by atoms with Gasteiger partial charge < -0.3 is 10.1 Å². The van der Waals surface area contributed by atoms with Crippen LogP contribution in [0.1, 0.15) is 5.56 Å². The summed E-state index contributed by atoms with van der Waals surface area (Å²) in [6, 6.07) is 4.13. The first-order valence-electron chi connectivity index (χ1n) is 5.24. The fourth-order valence-electron chi connectivity index (χ4n) is 1.34. The number of halogens is 2. The molecule has 0 spiro atoms. The Morgan fingerprint density at radius 3 is 2.67 bits per heavy atom. The maximum atomic E-state index is 13.4. The van der Waals surface area contributed by atoms with Gasteiger partial charge in [0.2, 0.25) is 11.8 Å². The van der Waals surface area contributed by atoms with Gasteiger partial charge in [-0.15, -0.1) is 0 Å². The summed E-state index contributed by atoms with van der Waals surface area (Å²) in [5.74, 6) is -0.684. The predicted octanol–water partition coefficient (Wildman–Crippen LogP) is 2.90. The van der Waals surface area contributed by atoms with Crippen LogP contribution in [0, 0.1) is 18.6 Å². The Hall–Kier alpha value is -2.24. The lowest BCUT2D eigenvalue weighted by Gasteiger charge is -2.07. The largest absolute Gasteiger partial charge is 0.436 e. The van der Waals surface area contributed by atoms with E-state index in [0.717, 1.165) is 6.20 Å². The maximum absolute atomic E-state index is 13.4. The first-order chi connectivity index (χ1) is 8.60. The van der Waals surface area contributed by atoms with Crippen LogP contribution >= 0.6 is 0 Å². The van der Waals surface area contributed by atoms with Crippen LogP contribution in [0.2, 0.25) is 0 Å². The van der Waals surface area contributed by atoms with Crippen molar-refractivity contribution < 1.29 is 13.5 Å². The first kappa shape index (κ1) is 12.2. The fraction of sp³-hybridized carbons (Fsp3) is 0.167. The lowest BCUT2D eigenvalue weighted by Crippen LogP contribution is -2.00. The molecular weight excluding hydrogens is 240 g/mol. The number of aromatic nitrogens is 2. The first-order valence-corrected chi connectivity index (χ1v) is 5.24. The molecule has 6 heteroatoms. The Kier molecular flexibility index (Phi) is 3.36. The third kappa shape index (κ3) is 2.53. The predicted molar refractivity (Wildman–Crippen MR) is 62.7 cm³/mol. The van der Waals surface area contributed by atoms with E-state index >= 15 is 0 Å². The van der Waals surface area contributed by atoms with Gasteiger partial charge in [-0.05, 0) is 30.7 Å². The Balaban J connectivity index is 2.30. The van der Waals surface area contributed by atoms with Crippen LogP contribution in [-0.4, -0.2) is 17.0 Å². The second-order valence-electron chi connectivity index (χ2n) is 3.61. The normalized spacial score (nSPS) is 10.2. The van der Waals surface area contributed by atoms with E-state index in [2.05, 4.69) is 15.3 Å². The van der Waals surface area contributed by atoms with Crippen LogP contribution < -0.4 is 10.1 Å². The van der Waals surface area contributed by atoms with Crippen molar-refractivity contribution in [2.24, 2.45) is 0 Å². The van der Waals surface area contributed by atoms with Crippen LogP contribution in [0.15, 0.2) is 24.4 Å². The standard InChI is InChI=1S/C12H11F2N3O/c1-7-5-8(3-4-9(7)13)18-11-10(14)6-16-12(15-2)17-11/h3-6H,1-2H3,(H,15,16,17). The summed E-state index contributed by atoms with van der Waals surface area (Å²) in [6.45, 7) is 1.59. The van der Waals surface area contributed by atoms with Gasteiger partial charge in [-0.25, -0.2) is 9.37 Å². The average Bonchev–Trinajstić information content (AvgIpc) is 2.36. The van der Waals surface area contributed by atoms with Crippen LogP contribution in [0.4, 0.5) is 14.7 Å². The maximum Gasteiger partial charge on any atom is 0.260 e. The van der Waals surface area contributed by atoms with Crippen molar-refractivity contribution in [1.82, 2.24) is 9.97 Å². The number of hydrogen-bond acceptors (Lipinski definition) is 4. The molecule has 4 nitrogen and oxygen atoms in total. The van der Waals surface area contributed by atoms with Crippen LogP contribution in [0.25, 0.3) is 0 Å². The van der Waals surface area contributed by atoms with Crippen molar-refractivity contribution in [1.29, 1.82) is 0 Å². The van der Waals surface area contributed by atoms with Gasteiger partial charge >= 0.3 is 0 Å². The van der Waals surface area contributed by atoms with E-state index in [1.54, 1.807) is 14.0 Å². The van der Waals surface area contributed by atoms with Crippen molar-refractivity contribution in [2.75, 3.05) is 12.4 Å². The number of ether oxygens (including phenoxy) is 1. The quantitative estimate of drug-likeness (QED) is 0.911. The van der Waals surface area contributed by atoms with Crippen molar-refractivity contribution in [2.45, 2.75) is 6.92 Å². The Morgan fingerprint density at radius 1 is 1.22 bits per heavy atom. The number of nitrogens with one attached hydrogen (secondary N) is 1. The SMILES string of the molecule is CNc1ncc(F)c(Oc2ccc(F)c(C)c2)n1. The molecule has 1 heterocycles. The molecule has 0 atom stereocenters. The van der Waals surface area contributed by atoms with E-state index in [-0.39, 0.29) is 17.6 Å². The molecule has 94 valence electrons. The number of benzene rings is 1. The van der Waals surface area contributed by atoms with Crippen molar-refractivity contribution in [3.63, 3.8) is 0 Å². The Bertz CT molecular complexity index is 575. The van der Waals surface area contributed by atoms with Gasteiger partial charge in [0, 0.05) is 7.05 Å². The zero-order chi connectivity index (χ0) is 13.1. The average molecular weight is 251 g/mol. The number of aryl methyl sites for hydroxylation is 1. The molecule has 0 radical (unpaired) electrons. The lowest BCUT2D eigenvalue weighted by atomic mass is 10.2. The summed E-state index contributed by atoms with van der Waals surface area (Å²) in [7, 11) is 1.61. The highest BCUT2D eigenvalue weighted by Crippen LogP contribution is 2.24. The summed E-state index contributed by atoms with van der Waals surface area (Å²) < 4.78 is 31.7. The molecule has 1 aromatic heterocycles. The zero-order valence-electron chi connectivity index (χ0n) is 9.87. The Labute approximate surface area is 103 Å². The monoisotopic (exact) mass is 251 g/mol. The molecule has 0 fully saturated rings. The molecule has 0 aliphatic rings. The van der Waals surface area contributed by atoms with Crippen LogP contribution in [0.3, 0.4) is 0 Å². The van der Waals surface area contributed by atoms with E-state index in [1.165, 1.54) is 18.2 Å². The van der Waals surface area contributed by atoms with Gasteiger partial charge in [0.25, 0.3) is 5.88 Å². The lowest BCUT2D eigenvalue weighted by molar-refractivity contribution is 0.419. The van der Waals surface area contributed by atoms with Gasteiger partial charge in [-0.3, -0.25) is 0 Å². The molecule has 0 unspecified atom stereocenters. The summed E-state index contributed by atoms with van der Waals surface area (Å²) in [5.41, 5.74) is 0.413. The highest BCUT2D eigenvalue weighted by Gasteiger charge is 2.09. The molecule has 0 aliphatic carbocycles. The minimum Gasteiger partial charge on any atom is -0.436 e. The molecule has 0 amide bonds. The molecular formula is C12H11F2N3O. The third-order valence-corrected chi connectivity index (χ3v) is 2.28. The van der Waals surface area contributed by atoms with Crippen LogP contribution in [-0.2, 0) is 0 Å². The number of rotatable bonds is 3. The van der Waals surface area contributed by atoms with E-state index < -0.39 is 5.82 Å². The summed E-state index contributed by atoms with van der Waals surface area (Å²) in [6.07, 6.45) is 1.00. The molecule has 0 aliphatic heterocycles. The van der Waals surface area contributed by atoms with Crippen molar-refractivity contribution in [3.05, 3.63) is 41.6 Å². The van der Waals surface area contributed by atoms with Crippen molar-refractivity contribution in [3.8, 4) is 11.6 Å². The summed E-state index contributed by atoms with van der Waals surface area (Å²) in [4.78, 5) is 7.52. The minimum atomic E-state index is -0.684. The van der Waals surface area contributed by atoms with E-state index in [4.69, 9.17) is 4.74 Å². The topological polar surface area (TPSA) is 47.0 Å². The second kappa shape index (κ2) is 4.95. The van der Waals surface area contributed by atoms with Gasteiger partial charge in [-0.2, -0.15) is 9.37 Å². The van der Waals surface area contributed by atoms with Gasteiger partial charge in [-0.1, -0.05) is 0 Å². The molecule has 18 heavy (non-hydrogen) atoms. The second-order valence-corrected chi connectivity index (χ2v) is 3.61. The number of anilines is 1. The van der Waals surface area contributed by atoms with Gasteiger partial charge in [0.05, 0.1) is 6.20 Å². The minimum absolute atomic E-state index is 0.208. The molecule has 1 aromatic carbocycles.